The van der Waals surface area contributed by atoms with Gasteiger partial charge in [-0.15, -0.1) is 0 Å². The molecule has 7 aromatic rings. The highest BCUT2D eigenvalue weighted by Crippen LogP contribution is 2.35. The summed E-state index contributed by atoms with van der Waals surface area (Å²) in [6, 6.07) is 42.6. The average Bonchev–Trinajstić information content (AvgIpc) is 3.83. The average molecular weight is 587 g/mol. The van der Waals surface area contributed by atoms with Gasteiger partial charge in [0.05, 0.1) is 23.2 Å². The number of hydrogen-bond acceptors (Lipinski definition) is 5. The van der Waals surface area contributed by atoms with Gasteiger partial charge in [-0.05, 0) is 57.6 Å². The maximum absolute atomic E-state index is 6.62. The second kappa shape index (κ2) is 10.6. The molecule has 5 heteroatoms. The second-order valence-corrected chi connectivity index (χ2v) is 12.0. The molecule has 0 spiro atoms. The Morgan fingerprint density at radius 2 is 0.956 bits per heavy atom. The fraction of sp³-hybridized carbons (Fsp3) is 0.150. The summed E-state index contributed by atoms with van der Waals surface area (Å²) in [5.41, 5.74) is 5.82. The molecule has 1 aromatic heterocycles. The van der Waals surface area contributed by atoms with Gasteiger partial charge in [0, 0.05) is 10.8 Å². The highest BCUT2D eigenvalue weighted by atomic mass is 16.5. The Hall–Kier alpha value is -5.42. The van der Waals surface area contributed by atoms with Gasteiger partial charge < -0.3 is 13.9 Å². The molecule has 0 unspecified atom stereocenters. The first-order valence-corrected chi connectivity index (χ1v) is 15.6. The maximum Gasteiger partial charge on any atom is 0.220 e. The van der Waals surface area contributed by atoms with E-state index in [1.807, 2.05) is 24.3 Å². The number of hydrogen-bond donors (Lipinski definition) is 0. The van der Waals surface area contributed by atoms with Gasteiger partial charge in [0.15, 0.2) is 0 Å². The van der Waals surface area contributed by atoms with Gasteiger partial charge in [0.2, 0.25) is 11.8 Å². The van der Waals surface area contributed by atoms with Crippen LogP contribution in [0.5, 0.6) is 0 Å². The van der Waals surface area contributed by atoms with Crippen molar-refractivity contribution in [2.45, 2.75) is 24.9 Å². The molecule has 2 aliphatic heterocycles. The lowest BCUT2D eigenvalue weighted by Gasteiger charge is -2.06. The predicted molar refractivity (Wildman–Crippen MR) is 182 cm³/mol. The lowest BCUT2D eigenvalue weighted by molar-refractivity contribution is 0.317. The Kier molecular flexibility index (Phi) is 6.15. The van der Waals surface area contributed by atoms with E-state index >= 15 is 0 Å². The molecule has 3 heterocycles. The predicted octanol–water partition coefficient (Wildman–Crippen LogP) is 8.67. The fourth-order valence-corrected chi connectivity index (χ4v) is 6.77. The van der Waals surface area contributed by atoms with Crippen molar-refractivity contribution < 1.29 is 13.9 Å². The Morgan fingerprint density at radius 1 is 0.489 bits per heavy atom. The van der Waals surface area contributed by atoms with E-state index in [4.69, 9.17) is 23.9 Å². The zero-order valence-electron chi connectivity index (χ0n) is 24.6. The zero-order valence-corrected chi connectivity index (χ0v) is 24.6. The zero-order chi connectivity index (χ0) is 29.7. The first kappa shape index (κ1) is 26.0. The summed E-state index contributed by atoms with van der Waals surface area (Å²) in [5, 5.41) is 7.05. The van der Waals surface area contributed by atoms with E-state index < -0.39 is 0 Å². The third-order valence-corrected chi connectivity index (χ3v) is 8.98. The molecule has 0 amide bonds. The standard InChI is InChI=1S/C40H30N2O3/c1-3-9-29-19-25(15-17-27(29)7-1)21-31-23-43-39(41-31)35-13-5-11-33-34-12-6-14-36(38(34)45-37(33)35)40-42-32(24-44-40)22-26-16-18-28-8-2-4-10-30(28)20-26/h1-20,31-32H,21-24H2/t31-,32-/m0/s1. The number of fused-ring (bicyclic) bond motifs is 5. The molecule has 9 rings (SSSR count). The van der Waals surface area contributed by atoms with Crippen LogP contribution in [-0.2, 0) is 22.3 Å². The van der Waals surface area contributed by atoms with Crippen LogP contribution >= 0.6 is 0 Å². The van der Waals surface area contributed by atoms with E-state index in [9.17, 15) is 0 Å². The Morgan fingerprint density at radius 3 is 1.44 bits per heavy atom. The van der Waals surface area contributed by atoms with Crippen LogP contribution in [0, 0.1) is 0 Å². The van der Waals surface area contributed by atoms with Crippen LogP contribution in [0.4, 0.5) is 0 Å². The minimum absolute atomic E-state index is 0.0529. The number of benzene rings is 6. The summed E-state index contributed by atoms with van der Waals surface area (Å²) in [5.74, 6) is 1.27. The Balaban J connectivity index is 1.01. The van der Waals surface area contributed by atoms with Crippen LogP contribution in [0.25, 0.3) is 43.5 Å². The first-order chi connectivity index (χ1) is 22.2. The van der Waals surface area contributed by atoms with E-state index in [1.165, 1.54) is 32.7 Å². The summed E-state index contributed by atoms with van der Waals surface area (Å²) in [6.45, 7) is 1.10. The largest absolute Gasteiger partial charge is 0.475 e. The number of aliphatic imine (C=N–C) groups is 2. The minimum Gasteiger partial charge on any atom is -0.475 e. The monoisotopic (exact) mass is 586 g/mol. The van der Waals surface area contributed by atoms with Gasteiger partial charge in [-0.3, -0.25) is 0 Å². The van der Waals surface area contributed by atoms with Crippen LogP contribution in [0.1, 0.15) is 22.3 Å². The summed E-state index contributed by atoms with van der Waals surface area (Å²) < 4.78 is 19.0. The second-order valence-electron chi connectivity index (χ2n) is 12.0. The molecule has 0 bridgehead atoms. The van der Waals surface area contributed by atoms with Crippen molar-refractivity contribution >= 4 is 55.3 Å². The first-order valence-electron chi connectivity index (χ1n) is 15.6. The molecule has 0 aliphatic carbocycles. The van der Waals surface area contributed by atoms with Gasteiger partial charge in [0.25, 0.3) is 0 Å². The summed E-state index contributed by atoms with van der Waals surface area (Å²) in [7, 11) is 0. The molecular formula is C40H30N2O3. The molecule has 45 heavy (non-hydrogen) atoms. The van der Waals surface area contributed by atoms with Crippen molar-refractivity contribution in [2.75, 3.05) is 13.2 Å². The lowest BCUT2D eigenvalue weighted by atomic mass is 10.0. The van der Waals surface area contributed by atoms with Crippen LogP contribution < -0.4 is 0 Å². The van der Waals surface area contributed by atoms with Crippen LogP contribution in [0.2, 0.25) is 0 Å². The van der Waals surface area contributed by atoms with Gasteiger partial charge in [-0.2, -0.15) is 0 Å². The van der Waals surface area contributed by atoms with Gasteiger partial charge in [-0.1, -0.05) is 109 Å². The van der Waals surface area contributed by atoms with Crippen molar-refractivity contribution in [1.82, 2.24) is 0 Å². The molecule has 2 aliphatic rings. The van der Waals surface area contributed by atoms with E-state index in [0.717, 1.165) is 45.9 Å². The van der Waals surface area contributed by atoms with E-state index in [1.54, 1.807) is 0 Å². The molecule has 0 radical (unpaired) electrons. The molecule has 0 fully saturated rings. The molecule has 5 nitrogen and oxygen atoms in total. The molecule has 0 saturated heterocycles. The summed E-state index contributed by atoms with van der Waals surface area (Å²) >= 11 is 0. The van der Waals surface area contributed by atoms with Crippen LogP contribution in [0.15, 0.2) is 136 Å². The quantitative estimate of drug-likeness (QED) is 0.196. The fourth-order valence-electron chi connectivity index (χ4n) is 6.77. The van der Waals surface area contributed by atoms with Crippen LogP contribution in [-0.4, -0.2) is 37.1 Å². The van der Waals surface area contributed by atoms with Crippen LogP contribution in [0.3, 0.4) is 0 Å². The minimum atomic E-state index is 0.0529. The normalized spacial score (nSPS) is 18.0. The third kappa shape index (κ3) is 4.72. The molecule has 218 valence electrons. The molecular weight excluding hydrogens is 556 g/mol. The topological polar surface area (TPSA) is 56.3 Å². The Bertz CT molecular complexity index is 2150. The number of ether oxygens (including phenoxy) is 2. The summed E-state index contributed by atoms with van der Waals surface area (Å²) in [6.07, 6.45) is 1.65. The number of nitrogens with zero attached hydrogens (tertiary/aromatic N) is 2. The van der Waals surface area contributed by atoms with E-state index in [0.29, 0.717) is 25.0 Å². The molecule has 2 atom stereocenters. The van der Waals surface area contributed by atoms with Crippen molar-refractivity contribution in [1.29, 1.82) is 0 Å². The third-order valence-electron chi connectivity index (χ3n) is 8.98. The smallest absolute Gasteiger partial charge is 0.220 e. The number of furan rings is 1. The van der Waals surface area contributed by atoms with E-state index in [2.05, 4.69) is 97.1 Å². The number of rotatable bonds is 6. The van der Waals surface area contributed by atoms with Crippen molar-refractivity contribution in [3.63, 3.8) is 0 Å². The van der Waals surface area contributed by atoms with Gasteiger partial charge in [-0.25, -0.2) is 9.98 Å². The maximum atomic E-state index is 6.62. The Labute approximate surface area is 260 Å². The molecule has 6 aromatic carbocycles. The lowest BCUT2D eigenvalue weighted by Crippen LogP contribution is -2.09. The van der Waals surface area contributed by atoms with Gasteiger partial charge in [0.1, 0.15) is 24.4 Å². The highest BCUT2D eigenvalue weighted by molar-refractivity contribution is 6.17. The SMILES string of the molecule is c1ccc2cc(C[C@H]3COC(c4cccc5c4oc4c(C6=N[C@@H](Cc7ccc8ccccc8c7)CO6)cccc45)=N3)ccc2c1. The van der Waals surface area contributed by atoms with E-state index in [-0.39, 0.29) is 12.1 Å². The van der Waals surface area contributed by atoms with Crippen molar-refractivity contribution in [3.05, 3.63) is 144 Å². The van der Waals surface area contributed by atoms with Crippen molar-refractivity contribution in [2.24, 2.45) is 9.98 Å². The van der Waals surface area contributed by atoms with Gasteiger partial charge >= 0.3 is 0 Å². The summed E-state index contributed by atoms with van der Waals surface area (Å²) in [4.78, 5) is 10.0. The van der Waals surface area contributed by atoms with Crippen molar-refractivity contribution in [3.8, 4) is 0 Å². The molecule has 0 N–H and O–H groups in total. The molecule has 0 saturated carbocycles. The highest BCUT2D eigenvalue weighted by Gasteiger charge is 2.27. The number of para-hydroxylation sites is 2.